The molecule has 1 saturated heterocycles. The highest BCUT2D eigenvalue weighted by atomic mass is 16.5. The zero-order chi connectivity index (χ0) is 14.9. The molecule has 4 heteroatoms. The summed E-state index contributed by atoms with van der Waals surface area (Å²) in [7, 11) is 0. The zero-order valence-corrected chi connectivity index (χ0v) is 13.7. The number of aromatic nitrogens is 2. The lowest BCUT2D eigenvalue weighted by atomic mass is 9.89. The smallest absolute Gasteiger partial charge is 0.0703 e. The van der Waals surface area contributed by atoms with Crippen LogP contribution in [-0.2, 0) is 11.3 Å². The molecule has 1 aromatic rings. The monoisotopic (exact) mass is 291 g/mol. The lowest BCUT2D eigenvalue weighted by Gasteiger charge is -2.38. The fraction of sp³-hybridized carbons (Fsp3) is 0.824. The molecule has 118 valence electrons. The third-order valence-corrected chi connectivity index (χ3v) is 5.35. The first-order valence-electron chi connectivity index (χ1n) is 8.54. The Hall–Kier alpha value is -0.870. The Kier molecular flexibility index (Phi) is 4.36. The molecule has 1 atom stereocenters. The van der Waals surface area contributed by atoms with Crippen molar-refractivity contribution in [1.82, 2.24) is 15.1 Å². The summed E-state index contributed by atoms with van der Waals surface area (Å²) in [6.45, 7) is 9.35. The van der Waals surface area contributed by atoms with E-state index in [4.69, 9.17) is 9.84 Å². The Morgan fingerprint density at radius 3 is 2.81 bits per heavy atom. The molecule has 2 fully saturated rings. The van der Waals surface area contributed by atoms with Crippen LogP contribution in [0.4, 0.5) is 0 Å². The van der Waals surface area contributed by atoms with Gasteiger partial charge in [-0.15, -0.1) is 0 Å². The maximum Gasteiger partial charge on any atom is 0.0703 e. The first-order valence-corrected chi connectivity index (χ1v) is 8.54. The molecule has 0 aromatic carbocycles. The van der Waals surface area contributed by atoms with Gasteiger partial charge in [0.2, 0.25) is 0 Å². The van der Waals surface area contributed by atoms with Crippen LogP contribution in [0.5, 0.6) is 0 Å². The number of nitrogens with zero attached hydrogens (tertiary/aromatic N) is 2. The number of nitrogens with one attached hydrogen (secondary N) is 1. The molecule has 2 aliphatic rings. The van der Waals surface area contributed by atoms with E-state index < -0.39 is 0 Å². The van der Waals surface area contributed by atoms with Gasteiger partial charge in [-0.1, -0.05) is 19.8 Å². The van der Waals surface area contributed by atoms with Gasteiger partial charge in [-0.3, -0.25) is 4.68 Å². The van der Waals surface area contributed by atoms with Gasteiger partial charge in [-0.05, 0) is 46.1 Å². The molecule has 2 heterocycles. The molecule has 1 N–H and O–H groups in total. The molecule has 1 saturated carbocycles. The van der Waals surface area contributed by atoms with Crippen molar-refractivity contribution in [3.8, 4) is 0 Å². The topological polar surface area (TPSA) is 39.1 Å². The molecule has 0 bridgehead atoms. The van der Waals surface area contributed by atoms with E-state index in [-0.39, 0.29) is 5.60 Å². The highest BCUT2D eigenvalue weighted by molar-refractivity contribution is 5.25. The minimum absolute atomic E-state index is 0.164. The standard InChI is InChI=1S/C17H29N3O/c1-4-18-12-16-13(2)19-20(14(16)3)15-7-10-21-17(11-15)8-5-6-9-17/h15,18H,4-12H2,1-3H3. The summed E-state index contributed by atoms with van der Waals surface area (Å²) in [4.78, 5) is 0. The van der Waals surface area contributed by atoms with Crippen molar-refractivity contribution in [3.05, 3.63) is 17.0 Å². The van der Waals surface area contributed by atoms with Crippen molar-refractivity contribution >= 4 is 0 Å². The average molecular weight is 291 g/mol. The Bertz CT molecular complexity index is 488. The van der Waals surface area contributed by atoms with Crippen LogP contribution >= 0.6 is 0 Å². The summed E-state index contributed by atoms with van der Waals surface area (Å²) >= 11 is 0. The predicted octanol–water partition coefficient (Wildman–Crippen LogP) is 3.27. The Balaban J connectivity index is 1.80. The summed E-state index contributed by atoms with van der Waals surface area (Å²) in [6, 6.07) is 0.519. The van der Waals surface area contributed by atoms with Crippen molar-refractivity contribution < 1.29 is 4.74 Å². The lowest BCUT2D eigenvalue weighted by Crippen LogP contribution is -2.38. The van der Waals surface area contributed by atoms with Gasteiger partial charge in [0.15, 0.2) is 0 Å². The summed E-state index contributed by atoms with van der Waals surface area (Å²) in [6.07, 6.45) is 7.39. The Labute approximate surface area is 128 Å². The maximum atomic E-state index is 6.17. The minimum atomic E-state index is 0.164. The van der Waals surface area contributed by atoms with Crippen LogP contribution in [0, 0.1) is 13.8 Å². The molecule has 1 aliphatic carbocycles. The molecule has 0 radical (unpaired) electrons. The molecule has 1 unspecified atom stereocenters. The number of hydrogen-bond acceptors (Lipinski definition) is 3. The first kappa shape index (κ1) is 15.0. The van der Waals surface area contributed by atoms with E-state index in [0.29, 0.717) is 6.04 Å². The molecular formula is C17H29N3O. The number of hydrogen-bond donors (Lipinski definition) is 1. The highest BCUT2D eigenvalue weighted by Gasteiger charge is 2.41. The first-order chi connectivity index (χ1) is 10.2. The van der Waals surface area contributed by atoms with Gasteiger partial charge in [0, 0.05) is 24.4 Å². The second-order valence-electron chi connectivity index (χ2n) is 6.76. The van der Waals surface area contributed by atoms with Crippen molar-refractivity contribution in [3.63, 3.8) is 0 Å². The van der Waals surface area contributed by atoms with E-state index in [1.165, 1.54) is 42.6 Å². The Morgan fingerprint density at radius 2 is 2.10 bits per heavy atom. The van der Waals surface area contributed by atoms with E-state index in [9.17, 15) is 0 Å². The van der Waals surface area contributed by atoms with Gasteiger partial charge in [0.1, 0.15) is 0 Å². The van der Waals surface area contributed by atoms with Crippen LogP contribution in [0.3, 0.4) is 0 Å². The van der Waals surface area contributed by atoms with Gasteiger partial charge in [0.05, 0.1) is 17.3 Å². The van der Waals surface area contributed by atoms with Gasteiger partial charge in [-0.2, -0.15) is 5.10 Å². The van der Waals surface area contributed by atoms with Crippen molar-refractivity contribution in [2.45, 2.75) is 77.5 Å². The van der Waals surface area contributed by atoms with Gasteiger partial charge < -0.3 is 10.1 Å². The second-order valence-corrected chi connectivity index (χ2v) is 6.76. The zero-order valence-electron chi connectivity index (χ0n) is 13.7. The molecule has 1 spiro atoms. The largest absolute Gasteiger partial charge is 0.375 e. The second kappa shape index (κ2) is 6.09. The van der Waals surface area contributed by atoms with E-state index in [0.717, 1.165) is 32.5 Å². The van der Waals surface area contributed by atoms with Gasteiger partial charge in [0.25, 0.3) is 0 Å². The molecular weight excluding hydrogens is 262 g/mol. The number of ether oxygens (including phenoxy) is 1. The van der Waals surface area contributed by atoms with Crippen LogP contribution in [-0.4, -0.2) is 28.5 Å². The van der Waals surface area contributed by atoms with Crippen LogP contribution < -0.4 is 5.32 Å². The van der Waals surface area contributed by atoms with Crippen LogP contribution in [0.1, 0.15) is 68.4 Å². The van der Waals surface area contributed by atoms with Crippen LogP contribution in [0.15, 0.2) is 0 Å². The summed E-state index contributed by atoms with van der Waals surface area (Å²) in [5, 5.41) is 8.30. The molecule has 1 aromatic heterocycles. The average Bonchev–Trinajstić information content (AvgIpc) is 3.03. The number of rotatable bonds is 4. The molecule has 4 nitrogen and oxygen atoms in total. The summed E-state index contributed by atoms with van der Waals surface area (Å²) in [5.41, 5.74) is 4.06. The number of aryl methyl sites for hydroxylation is 1. The molecule has 21 heavy (non-hydrogen) atoms. The fourth-order valence-electron chi connectivity index (χ4n) is 4.14. The highest BCUT2D eigenvalue weighted by Crippen LogP contribution is 2.43. The van der Waals surface area contributed by atoms with Crippen molar-refractivity contribution in [2.24, 2.45) is 0 Å². The maximum absolute atomic E-state index is 6.17. The molecule has 3 rings (SSSR count). The van der Waals surface area contributed by atoms with Crippen molar-refractivity contribution in [1.29, 1.82) is 0 Å². The van der Waals surface area contributed by atoms with Crippen LogP contribution in [0.25, 0.3) is 0 Å². The Morgan fingerprint density at radius 1 is 1.33 bits per heavy atom. The van der Waals surface area contributed by atoms with Crippen molar-refractivity contribution in [2.75, 3.05) is 13.2 Å². The quantitative estimate of drug-likeness (QED) is 0.925. The summed E-state index contributed by atoms with van der Waals surface area (Å²) < 4.78 is 8.46. The van der Waals surface area contributed by atoms with E-state index in [1.807, 2.05) is 0 Å². The minimum Gasteiger partial charge on any atom is -0.375 e. The molecule has 1 aliphatic heterocycles. The lowest BCUT2D eigenvalue weighted by molar-refractivity contribution is -0.0912. The van der Waals surface area contributed by atoms with Gasteiger partial charge in [-0.25, -0.2) is 0 Å². The van der Waals surface area contributed by atoms with Gasteiger partial charge >= 0.3 is 0 Å². The summed E-state index contributed by atoms with van der Waals surface area (Å²) in [5.74, 6) is 0. The fourth-order valence-corrected chi connectivity index (χ4v) is 4.14. The van der Waals surface area contributed by atoms with E-state index >= 15 is 0 Å². The van der Waals surface area contributed by atoms with E-state index in [1.54, 1.807) is 0 Å². The third-order valence-electron chi connectivity index (χ3n) is 5.35. The third kappa shape index (κ3) is 2.88. The SMILES string of the molecule is CCNCc1c(C)nn(C2CCOC3(CCCC3)C2)c1C. The van der Waals surface area contributed by atoms with Crippen LogP contribution in [0.2, 0.25) is 0 Å². The van der Waals surface area contributed by atoms with E-state index in [2.05, 4.69) is 30.8 Å². The molecule has 0 amide bonds. The predicted molar refractivity (Wildman–Crippen MR) is 84.5 cm³/mol. The normalized spacial score (nSPS) is 24.8.